The molecule has 0 bridgehead atoms. The second kappa shape index (κ2) is 7.76. The van der Waals surface area contributed by atoms with Crippen LogP contribution in [0.3, 0.4) is 0 Å². The number of aliphatic hydroxyl groups is 1. The Morgan fingerprint density at radius 1 is 1.50 bits per heavy atom. The van der Waals surface area contributed by atoms with Gasteiger partial charge in [-0.3, -0.25) is 10.1 Å². The van der Waals surface area contributed by atoms with Crippen molar-refractivity contribution >= 4 is 5.97 Å². The minimum Gasteiger partial charge on any atom is -0.465 e. The predicted octanol–water partition coefficient (Wildman–Crippen LogP) is 0.689. The number of hydrogen-bond acceptors (Lipinski definition) is 4. The Bertz CT molecular complexity index is 161. The highest BCUT2D eigenvalue weighted by Gasteiger charge is 2.19. The maximum Gasteiger partial charge on any atom is 0.323 e. The summed E-state index contributed by atoms with van der Waals surface area (Å²) in [5, 5.41) is 11.9. The molecule has 4 nitrogen and oxygen atoms in total. The van der Waals surface area contributed by atoms with Crippen LogP contribution in [0.2, 0.25) is 0 Å². The number of aliphatic hydroxyl groups excluding tert-OH is 1. The summed E-state index contributed by atoms with van der Waals surface area (Å²) in [6.45, 7) is 6.06. The lowest BCUT2D eigenvalue weighted by atomic mass is 10.1. The Kier molecular flexibility index (Phi) is 7.42. The Balaban J connectivity index is 4.06. The number of nitrogens with one attached hydrogen (secondary N) is 1. The molecule has 0 spiro atoms. The van der Waals surface area contributed by atoms with Gasteiger partial charge in [-0.05, 0) is 20.3 Å². The van der Waals surface area contributed by atoms with Gasteiger partial charge in [0, 0.05) is 6.04 Å². The largest absolute Gasteiger partial charge is 0.465 e. The molecule has 14 heavy (non-hydrogen) atoms. The Morgan fingerprint density at radius 2 is 2.14 bits per heavy atom. The molecule has 2 N–H and O–H groups in total. The van der Waals surface area contributed by atoms with Gasteiger partial charge >= 0.3 is 5.97 Å². The molecule has 0 amide bonds. The van der Waals surface area contributed by atoms with Crippen LogP contribution in [0.25, 0.3) is 0 Å². The van der Waals surface area contributed by atoms with E-state index in [4.69, 9.17) is 9.84 Å². The fourth-order valence-electron chi connectivity index (χ4n) is 1.20. The van der Waals surface area contributed by atoms with Gasteiger partial charge in [0.05, 0.1) is 13.2 Å². The summed E-state index contributed by atoms with van der Waals surface area (Å²) in [5.74, 6) is -0.227. The third-order valence-corrected chi connectivity index (χ3v) is 1.91. The standard InChI is InChI=1S/C10H21NO3/c1-4-6-9(10(13)14-5-2)11-8(3)7-12/h8-9,11-12H,4-7H2,1-3H3. The minimum absolute atomic E-state index is 0.0274. The maximum atomic E-state index is 11.4. The molecule has 0 aromatic heterocycles. The molecule has 4 heteroatoms. The van der Waals surface area contributed by atoms with Gasteiger partial charge in [-0.1, -0.05) is 13.3 Å². The molecule has 84 valence electrons. The van der Waals surface area contributed by atoms with Crippen LogP contribution in [-0.4, -0.2) is 36.4 Å². The summed E-state index contributed by atoms with van der Waals surface area (Å²) in [4.78, 5) is 11.4. The van der Waals surface area contributed by atoms with Crippen molar-refractivity contribution in [2.75, 3.05) is 13.2 Å². The molecule has 0 aliphatic heterocycles. The van der Waals surface area contributed by atoms with Crippen LogP contribution in [0, 0.1) is 0 Å². The molecule has 0 aliphatic rings. The molecular formula is C10H21NO3. The normalized spacial score (nSPS) is 14.9. The van der Waals surface area contributed by atoms with E-state index in [-0.39, 0.29) is 24.7 Å². The van der Waals surface area contributed by atoms with Crippen molar-refractivity contribution in [2.24, 2.45) is 0 Å². The van der Waals surface area contributed by atoms with Gasteiger partial charge in [0.15, 0.2) is 0 Å². The van der Waals surface area contributed by atoms with Crippen LogP contribution >= 0.6 is 0 Å². The van der Waals surface area contributed by atoms with Gasteiger partial charge in [0.1, 0.15) is 6.04 Å². The van der Waals surface area contributed by atoms with Crippen molar-refractivity contribution in [1.29, 1.82) is 0 Å². The summed E-state index contributed by atoms with van der Waals surface area (Å²) >= 11 is 0. The van der Waals surface area contributed by atoms with Gasteiger partial charge < -0.3 is 9.84 Å². The molecule has 0 saturated carbocycles. The molecular weight excluding hydrogens is 182 g/mol. The molecule has 0 rings (SSSR count). The summed E-state index contributed by atoms with van der Waals surface area (Å²) in [6.07, 6.45) is 1.65. The summed E-state index contributed by atoms with van der Waals surface area (Å²) in [6, 6.07) is -0.363. The number of hydrogen-bond donors (Lipinski definition) is 2. The number of rotatable bonds is 7. The van der Waals surface area contributed by atoms with Crippen LogP contribution in [0.4, 0.5) is 0 Å². The van der Waals surface area contributed by atoms with Crippen molar-refractivity contribution in [3.05, 3.63) is 0 Å². The van der Waals surface area contributed by atoms with Crippen LogP contribution in [-0.2, 0) is 9.53 Å². The molecule has 0 aromatic carbocycles. The van der Waals surface area contributed by atoms with Crippen LogP contribution in [0.15, 0.2) is 0 Å². The first-order chi connectivity index (χ1) is 6.65. The van der Waals surface area contributed by atoms with E-state index in [1.807, 2.05) is 13.8 Å². The predicted molar refractivity (Wildman–Crippen MR) is 55.0 cm³/mol. The van der Waals surface area contributed by atoms with Crippen molar-refractivity contribution in [3.8, 4) is 0 Å². The second-order valence-corrected chi connectivity index (χ2v) is 3.34. The lowest BCUT2D eigenvalue weighted by molar-refractivity contribution is -0.146. The third-order valence-electron chi connectivity index (χ3n) is 1.91. The third kappa shape index (κ3) is 5.19. The highest BCUT2D eigenvalue weighted by Crippen LogP contribution is 2.01. The number of carbonyl (C=O) groups is 1. The zero-order valence-electron chi connectivity index (χ0n) is 9.25. The molecule has 0 radical (unpaired) electrons. The second-order valence-electron chi connectivity index (χ2n) is 3.34. The van der Waals surface area contributed by atoms with Crippen molar-refractivity contribution in [2.45, 2.75) is 45.7 Å². The van der Waals surface area contributed by atoms with Gasteiger partial charge in [-0.25, -0.2) is 0 Å². The van der Waals surface area contributed by atoms with Crippen LogP contribution in [0.1, 0.15) is 33.6 Å². The Morgan fingerprint density at radius 3 is 2.57 bits per heavy atom. The quantitative estimate of drug-likeness (QED) is 0.598. The lowest BCUT2D eigenvalue weighted by Crippen LogP contribution is -2.44. The maximum absolute atomic E-state index is 11.4. The van der Waals surface area contributed by atoms with E-state index >= 15 is 0 Å². The molecule has 0 saturated heterocycles. The van der Waals surface area contributed by atoms with Crippen molar-refractivity contribution in [1.82, 2.24) is 5.32 Å². The lowest BCUT2D eigenvalue weighted by Gasteiger charge is -2.19. The first kappa shape index (κ1) is 13.4. The van der Waals surface area contributed by atoms with Gasteiger partial charge in [-0.15, -0.1) is 0 Å². The van der Waals surface area contributed by atoms with E-state index in [1.54, 1.807) is 6.92 Å². The van der Waals surface area contributed by atoms with E-state index in [2.05, 4.69) is 5.32 Å². The molecule has 0 fully saturated rings. The van der Waals surface area contributed by atoms with Crippen LogP contribution in [0.5, 0.6) is 0 Å². The van der Waals surface area contributed by atoms with E-state index in [0.29, 0.717) is 6.61 Å². The molecule has 2 atom stereocenters. The highest BCUT2D eigenvalue weighted by molar-refractivity contribution is 5.75. The number of ether oxygens (including phenoxy) is 1. The summed E-state index contributed by atoms with van der Waals surface area (Å²) in [5.41, 5.74) is 0. The van der Waals surface area contributed by atoms with E-state index in [0.717, 1.165) is 12.8 Å². The zero-order valence-corrected chi connectivity index (χ0v) is 9.25. The first-order valence-electron chi connectivity index (χ1n) is 5.19. The van der Waals surface area contributed by atoms with Gasteiger partial charge in [-0.2, -0.15) is 0 Å². The van der Waals surface area contributed by atoms with Crippen molar-refractivity contribution in [3.63, 3.8) is 0 Å². The van der Waals surface area contributed by atoms with Crippen molar-refractivity contribution < 1.29 is 14.6 Å². The molecule has 0 aromatic rings. The summed E-state index contributed by atoms with van der Waals surface area (Å²) in [7, 11) is 0. The summed E-state index contributed by atoms with van der Waals surface area (Å²) < 4.78 is 4.92. The molecule has 2 unspecified atom stereocenters. The van der Waals surface area contributed by atoms with Gasteiger partial charge in [0.25, 0.3) is 0 Å². The minimum atomic E-state index is -0.290. The van der Waals surface area contributed by atoms with Crippen LogP contribution < -0.4 is 5.32 Å². The average Bonchev–Trinajstić information content (AvgIpc) is 2.17. The number of esters is 1. The molecule has 0 aliphatic carbocycles. The monoisotopic (exact) mass is 203 g/mol. The molecule has 0 heterocycles. The zero-order chi connectivity index (χ0) is 11.0. The van der Waals surface area contributed by atoms with E-state index in [9.17, 15) is 4.79 Å². The van der Waals surface area contributed by atoms with E-state index < -0.39 is 0 Å². The Hall–Kier alpha value is -0.610. The SMILES string of the molecule is CCCC(NC(C)CO)C(=O)OCC. The smallest absolute Gasteiger partial charge is 0.323 e. The topological polar surface area (TPSA) is 58.6 Å². The van der Waals surface area contributed by atoms with Gasteiger partial charge in [0.2, 0.25) is 0 Å². The fraction of sp³-hybridized carbons (Fsp3) is 0.900. The van der Waals surface area contributed by atoms with E-state index in [1.165, 1.54) is 0 Å². The highest BCUT2D eigenvalue weighted by atomic mass is 16.5. The first-order valence-corrected chi connectivity index (χ1v) is 5.19. The fourth-order valence-corrected chi connectivity index (χ4v) is 1.20. The number of carbonyl (C=O) groups excluding carboxylic acids is 1. The Labute approximate surface area is 85.6 Å². The average molecular weight is 203 g/mol.